The Balaban J connectivity index is 2.25. The largest absolute Gasteiger partial charge is 0.481 e. The molecule has 1 rings (SSSR count). The third kappa shape index (κ3) is 6.40. The molecule has 1 aliphatic carbocycles. The lowest BCUT2D eigenvalue weighted by Crippen LogP contribution is -2.45. The summed E-state index contributed by atoms with van der Waals surface area (Å²) >= 11 is 0. The summed E-state index contributed by atoms with van der Waals surface area (Å²) in [6.07, 6.45) is 2.23. The predicted octanol–water partition coefficient (Wildman–Crippen LogP) is 0.550. The molecule has 20 heavy (non-hydrogen) atoms. The van der Waals surface area contributed by atoms with Crippen molar-refractivity contribution in [2.24, 2.45) is 0 Å². The van der Waals surface area contributed by atoms with Crippen LogP contribution in [-0.4, -0.2) is 53.1 Å². The van der Waals surface area contributed by atoms with Crippen LogP contribution in [0.25, 0.3) is 0 Å². The van der Waals surface area contributed by atoms with Gasteiger partial charge in [-0.1, -0.05) is 0 Å². The molecule has 3 N–H and O–H groups in total. The number of carbonyl (C=O) groups excluding carboxylic acids is 2. The van der Waals surface area contributed by atoms with Crippen LogP contribution in [0.1, 0.15) is 39.5 Å². The van der Waals surface area contributed by atoms with Gasteiger partial charge in [0.2, 0.25) is 5.91 Å². The molecule has 0 saturated heterocycles. The molecule has 7 nitrogen and oxygen atoms in total. The van der Waals surface area contributed by atoms with E-state index in [-0.39, 0.29) is 43.9 Å². The molecule has 0 atom stereocenters. The number of nitrogens with one attached hydrogen (secondary N) is 2. The van der Waals surface area contributed by atoms with Gasteiger partial charge in [-0.2, -0.15) is 0 Å². The van der Waals surface area contributed by atoms with Crippen molar-refractivity contribution >= 4 is 17.9 Å². The molecule has 3 amide bonds. The number of carbonyl (C=O) groups is 3. The number of rotatable bonds is 8. The topological polar surface area (TPSA) is 98.7 Å². The highest BCUT2D eigenvalue weighted by molar-refractivity contribution is 5.79. The van der Waals surface area contributed by atoms with E-state index in [1.165, 1.54) is 4.90 Å². The second-order valence-electron chi connectivity index (χ2n) is 5.25. The fraction of sp³-hybridized carbons (Fsp3) is 0.769. The van der Waals surface area contributed by atoms with E-state index in [4.69, 9.17) is 5.11 Å². The first-order valence-corrected chi connectivity index (χ1v) is 6.95. The molecule has 0 aromatic carbocycles. The number of carboxylic acid groups (broad SMARTS) is 1. The van der Waals surface area contributed by atoms with Crippen LogP contribution >= 0.6 is 0 Å². The SMILES string of the molecule is CC(C)N(CCC(=O)O)C(=O)NCCC(=O)NC1CC1. The van der Waals surface area contributed by atoms with Crippen LogP contribution < -0.4 is 10.6 Å². The van der Waals surface area contributed by atoms with E-state index in [0.29, 0.717) is 6.04 Å². The van der Waals surface area contributed by atoms with Gasteiger partial charge in [0.25, 0.3) is 0 Å². The van der Waals surface area contributed by atoms with Crippen molar-refractivity contribution in [3.05, 3.63) is 0 Å². The zero-order valence-electron chi connectivity index (χ0n) is 12.0. The maximum atomic E-state index is 11.9. The van der Waals surface area contributed by atoms with Gasteiger partial charge in [-0.25, -0.2) is 4.79 Å². The Hall–Kier alpha value is -1.79. The maximum absolute atomic E-state index is 11.9. The van der Waals surface area contributed by atoms with Crippen molar-refractivity contribution in [2.75, 3.05) is 13.1 Å². The molecule has 1 aliphatic rings. The number of aliphatic carboxylic acids is 1. The van der Waals surface area contributed by atoms with Gasteiger partial charge in [-0.05, 0) is 26.7 Å². The van der Waals surface area contributed by atoms with Crippen LogP contribution in [0.5, 0.6) is 0 Å². The lowest BCUT2D eigenvalue weighted by Gasteiger charge is -2.26. The van der Waals surface area contributed by atoms with E-state index < -0.39 is 5.97 Å². The average molecular weight is 285 g/mol. The summed E-state index contributed by atoms with van der Waals surface area (Å²) in [6, 6.07) is -0.101. The predicted molar refractivity (Wildman–Crippen MR) is 73.3 cm³/mol. The molecule has 0 unspecified atom stereocenters. The highest BCUT2D eigenvalue weighted by Gasteiger charge is 2.23. The lowest BCUT2D eigenvalue weighted by atomic mass is 10.3. The molecular formula is C13H23N3O4. The van der Waals surface area contributed by atoms with Gasteiger partial charge >= 0.3 is 12.0 Å². The Bertz CT molecular complexity index is 367. The summed E-state index contributed by atoms with van der Waals surface area (Å²) in [6.45, 7) is 4.06. The molecule has 0 aliphatic heterocycles. The smallest absolute Gasteiger partial charge is 0.317 e. The van der Waals surface area contributed by atoms with Crippen molar-refractivity contribution < 1.29 is 19.5 Å². The van der Waals surface area contributed by atoms with E-state index in [1.54, 1.807) is 0 Å². The van der Waals surface area contributed by atoms with E-state index in [9.17, 15) is 14.4 Å². The molecule has 0 aromatic heterocycles. The highest BCUT2D eigenvalue weighted by Crippen LogP contribution is 2.18. The minimum absolute atomic E-state index is 0.0607. The molecule has 0 spiro atoms. The Morgan fingerprint density at radius 2 is 1.90 bits per heavy atom. The minimum Gasteiger partial charge on any atom is -0.481 e. The van der Waals surface area contributed by atoms with E-state index in [0.717, 1.165) is 12.8 Å². The maximum Gasteiger partial charge on any atom is 0.317 e. The summed E-state index contributed by atoms with van der Waals surface area (Å²) in [7, 11) is 0. The third-order valence-corrected chi connectivity index (χ3v) is 3.02. The van der Waals surface area contributed by atoms with Gasteiger partial charge in [-0.3, -0.25) is 9.59 Å². The summed E-state index contributed by atoms with van der Waals surface area (Å²) in [4.78, 5) is 35.3. The second-order valence-corrected chi connectivity index (χ2v) is 5.25. The number of nitrogens with zero attached hydrogens (tertiary/aromatic N) is 1. The molecule has 0 heterocycles. The lowest BCUT2D eigenvalue weighted by molar-refractivity contribution is -0.137. The van der Waals surface area contributed by atoms with Gasteiger partial charge < -0.3 is 20.6 Å². The van der Waals surface area contributed by atoms with Crippen LogP contribution in [0, 0.1) is 0 Å². The van der Waals surface area contributed by atoms with Crippen LogP contribution in [0.15, 0.2) is 0 Å². The molecule has 0 aromatic rings. The fourth-order valence-electron chi connectivity index (χ4n) is 1.72. The molecule has 7 heteroatoms. The number of hydrogen-bond donors (Lipinski definition) is 3. The van der Waals surface area contributed by atoms with E-state index in [1.807, 2.05) is 13.8 Å². The quantitative estimate of drug-likeness (QED) is 0.606. The normalized spacial score (nSPS) is 13.9. The standard InChI is InChI=1S/C13H23N3O4/c1-9(2)16(8-6-12(18)19)13(20)14-7-5-11(17)15-10-3-4-10/h9-10H,3-8H2,1-2H3,(H,14,20)(H,15,17)(H,18,19). The first-order chi connectivity index (χ1) is 9.40. The van der Waals surface area contributed by atoms with Crippen LogP contribution in [0.3, 0.4) is 0 Å². The van der Waals surface area contributed by atoms with E-state index >= 15 is 0 Å². The molecule has 1 saturated carbocycles. The Kier molecular flexibility index (Phi) is 6.27. The Morgan fingerprint density at radius 3 is 2.40 bits per heavy atom. The van der Waals surface area contributed by atoms with Crippen LogP contribution in [0.2, 0.25) is 0 Å². The number of urea groups is 1. The summed E-state index contributed by atoms with van der Waals surface area (Å²) in [5.41, 5.74) is 0. The van der Waals surface area contributed by atoms with Gasteiger partial charge in [0.05, 0.1) is 6.42 Å². The summed E-state index contributed by atoms with van der Waals surface area (Å²) < 4.78 is 0. The van der Waals surface area contributed by atoms with Crippen LogP contribution in [0.4, 0.5) is 4.79 Å². The Morgan fingerprint density at radius 1 is 1.25 bits per heavy atom. The fourth-order valence-corrected chi connectivity index (χ4v) is 1.72. The molecule has 114 valence electrons. The van der Waals surface area contributed by atoms with Gasteiger partial charge in [-0.15, -0.1) is 0 Å². The molecule has 0 radical (unpaired) electrons. The van der Waals surface area contributed by atoms with Crippen LogP contribution in [-0.2, 0) is 9.59 Å². The minimum atomic E-state index is -0.938. The zero-order valence-corrected chi connectivity index (χ0v) is 12.0. The Labute approximate surface area is 118 Å². The van der Waals surface area contributed by atoms with Gasteiger partial charge in [0.15, 0.2) is 0 Å². The first-order valence-electron chi connectivity index (χ1n) is 6.95. The zero-order chi connectivity index (χ0) is 15.1. The molecule has 0 bridgehead atoms. The summed E-state index contributed by atoms with van der Waals surface area (Å²) in [5, 5.41) is 14.1. The monoisotopic (exact) mass is 285 g/mol. The number of amides is 3. The van der Waals surface area contributed by atoms with Crippen molar-refractivity contribution in [1.82, 2.24) is 15.5 Å². The van der Waals surface area contributed by atoms with Crippen molar-refractivity contribution in [1.29, 1.82) is 0 Å². The molecule has 1 fully saturated rings. The molecular weight excluding hydrogens is 262 g/mol. The average Bonchev–Trinajstić information content (AvgIpc) is 3.12. The van der Waals surface area contributed by atoms with Crippen molar-refractivity contribution in [3.63, 3.8) is 0 Å². The van der Waals surface area contributed by atoms with Gasteiger partial charge in [0, 0.05) is 31.6 Å². The number of carboxylic acids is 1. The first kappa shape index (κ1) is 16.3. The second kappa shape index (κ2) is 7.72. The number of hydrogen-bond acceptors (Lipinski definition) is 3. The van der Waals surface area contributed by atoms with Crippen molar-refractivity contribution in [2.45, 2.75) is 51.6 Å². The van der Waals surface area contributed by atoms with Gasteiger partial charge in [0.1, 0.15) is 0 Å². The van der Waals surface area contributed by atoms with E-state index in [2.05, 4.69) is 10.6 Å². The summed E-state index contributed by atoms with van der Waals surface area (Å²) in [5.74, 6) is -0.998. The van der Waals surface area contributed by atoms with Crippen molar-refractivity contribution in [3.8, 4) is 0 Å². The third-order valence-electron chi connectivity index (χ3n) is 3.02. The highest BCUT2D eigenvalue weighted by atomic mass is 16.4.